The number of guanidine groups is 1. The third-order valence-corrected chi connectivity index (χ3v) is 6.70. The van der Waals surface area contributed by atoms with Gasteiger partial charge in [0.05, 0.1) is 12.3 Å². The minimum absolute atomic E-state index is 0.0442. The monoisotopic (exact) mass is 392 g/mol. The zero-order chi connectivity index (χ0) is 19.7. The maximum atomic E-state index is 12.3. The summed E-state index contributed by atoms with van der Waals surface area (Å²) in [6.07, 6.45) is 3.19. The number of nitrogens with zero attached hydrogens (tertiary/aromatic N) is 3. The molecule has 6 nitrogen and oxygen atoms in total. The highest BCUT2D eigenvalue weighted by molar-refractivity contribution is 7.89. The summed E-state index contributed by atoms with van der Waals surface area (Å²) in [5.41, 5.74) is 2.62. The van der Waals surface area contributed by atoms with Gasteiger partial charge < -0.3 is 10.2 Å². The van der Waals surface area contributed by atoms with Crippen LogP contribution in [0.25, 0.3) is 5.57 Å². The van der Waals surface area contributed by atoms with Crippen LogP contribution in [0, 0.1) is 0 Å². The van der Waals surface area contributed by atoms with Gasteiger partial charge in [0, 0.05) is 32.7 Å². The summed E-state index contributed by atoms with van der Waals surface area (Å²) in [4.78, 5) is 6.75. The van der Waals surface area contributed by atoms with Crippen molar-refractivity contribution in [3.05, 3.63) is 42.0 Å². The molecule has 1 aliphatic rings. The smallest absolute Gasteiger partial charge is 0.215 e. The number of rotatable bonds is 8. The highest BCUT2D eigenvalue weighted by atomic mass is 32.2. The van der Waals surface area contributed by atoms with Gasteiger partial charge in [0.25, 0.3) is 0 Å². The topological polar surface area (TPSA) is 65.0 Å². The molecule has 0 saturated heterocycles. The van der Waals surface area contributed by atoms with Crippen molar-refractivity contribution in [1.29, 1.82) is 0 Å². The van der Waals surface area contributed by atoms with Gasteiger partial charge in [-0.3, -0.25) is 4.99 Å². The highest BCUT2D eigenvalue weighted by Crippen LogP contribution is 2.21. The van der Waals surface area contributed by atoms with Crippen molar-refractivity contribution in [2.45, 2.75) is 27.2 Å². The lowest BCUT2D eigenvalue weighted by Gasteiger charge is -2.30. The minimum Gasteiger partial charge on any atom is -0.357 e. The summed E-state index contributed by atoms with van der Waals surface area (Å²) in [6.45, 7) is 9.42. The second-order valence-electron chi connectivity index (χ2n) is 6.43. The predicted octanol–water partition coefficient (Wildman–Crippen LogP) is 2.41. The van der Waals surface area contributed by atoms with Gasteiger partial charge >= 0.3 is 0 Å². The van der Waals surface area contributed by atoms with Crippen molar-refractivity contribution in [2.24, 2.45) is 4.99 Å². The molecule has 0 atom stereocenters. The van der Waals surface area contributed by atoms with E-state index in [1.54, 1.807) is 0 Å². The lowest BCUT2D eigenvalue weighted by Crippen LogP contribution is -2.44. The van der Waals surface area contributed by atoms with Crippen LogP contribution in [0.15, 0.2) is 41.4 Å². The van der Waals surface area contributed by atoms with E-state index in [4.69, 9.17) is 0 Å². The molecule has 2 rings (SSSR count). The Morgan fingerprint density at radius 1 is 1.19 bits per heavy atom. The van der Waals surface area contributed by atoms with Crippen molar-refractivity contribution in [1.82, 2.24) is 14.5 Å². The second kappa shape index (κ2) is 10.5. The Balaban J connectivity index is 2.01. The predicted molar refractivity (Wildman–Crippen MR) is 113 cm³/mol. The van der Waals surface area contributed by atoms with E-state index in [-0.39, 0.29) is 12.3 Å². The molecule has 150 valence electrons. The molecule has 1 heterocycles. The van der Waals surface area contributed by atoms with Crippen molar-refractivity contribution < 1.29 is 8.42 Å². The van der Waals surface area contributed by atoms with Crippen molar-refractivity contribution in [3.8, 4) is 0 Å². The van der Waals surface area contributed by atoms with Crippen LogP contribution < -0.4 is 5.32 Å². The highest BCUT2D eigenvalue weighted by Gasteiger charge is 2.19. The summed E-state index contributed by atoms with van der Waals surface area (Å²) in [6, 6.07) is 10.4. The molecule has 7 heteroatoms. The Morgan fingerprint density at radius 3 is 2.44 bits per heavy atom. The van der Waals surface area contributed by atoms with E-state index in [0.29, 0.717) is 13.1 Å². The quantitative estimate of drug-likeness (QED) is 0.545. The number of benzene rings is 1. The molecule has 0 aliphatic carbocycles. The van der Waals surface area contributed by atoms with Gasteiger partial charge in [-0.15, -0.1) is 0 Å². The molecule has 0 saturated carbocycles. The van der Waals surface area contributed by atoms with Crippen molar-refractivity contribution in [3.63, 3.8) is 0 Å². The average Bonchev–Trinajstić information content (AvgIpc) is 2.69. The van der Waals surface area contributed by atoms with Crippen LogP contribution in [0.2, 0.25) is 0 Å². The summed E-state index contributed by atoms with van der Waals surface area (Å²) in [7, 11) is -3.24. The van der Waals surface area contributed by atoms with E-state index in [0.717, 1.165) is 32.0 Å². The van der Waals surface area contributed by atoms with Gasteiger partial charge in [0.2, 0.25) is 10.0 Å². The Labute approximate surface area is 164 Å². The number of aliphatic imine (C=N–C) groups is 1. The van der Waals surface area contributed by atoms with E-state index >= 15 is 0 Å². The van der Waals surface area contributed by atoms with Gasteiger partial charge in [-0.1, -0.05) is 50.3 Å². The lowest BCUT2D eigenvalue weighted by molar-refractivity contribution is 0.438. The minimum atomic E-state index is -3.24. The van der Waals surface area contributed by atoms with E-state index < -0.39 is 10.0 Å². The fourth-order valence-corrected chi connectivity index (χ4v) is 4.58. The third-order valence-electron chi connectivity index (χ3n) is 4.70. The normalized spacial score (nSPS) is 15.8. The Morgan fingerprint density at radius 2 is 1.89 bits per heavy atom. The fourth-order valence-electron chi connectivity index (χ4n) is 3.21. The Hall–Kier alpha value is -1.86. The zero-order valence-corrected chi connectivity index (χ0v) is 17.5. The average molecular weight is 393 g/mol. The molecule has 0 radical (unpaired) electrons. The number of nitrogens with one attached hydrogen (secondary N) is 1. The van der Waals surface area contributed by atoms with Crippen molar-refractivity contribution >= 4 is 21.6 Å². The Kier molecular flexibility index (Phi) is 8.31. The summed E-state index contributed by atoms with van der Waals surface area (Å²) in [5, 5.41) is 3.29. The van der Waals surface area contributed by atoms with Gasteiger partial charge in [0.1, 0.15) is 0 Å². The van der Waals surface area contributed by atoms with E-state index in [1.807, 2.05) is 26.8 Å². The van der Waals surface area contributed by atoms with Gasteiger partial charge in [-0.05, 0) is 24.5 Å². The Bertz CT molecular complexity index is 741. The van der Waals surface area contributed by atoms with E-state index in [2.05, 4.69) is 45.6 Å². The van der Waals surface area contributed by atoms with E-state index in [9.17, 15) is 8.42 Å². The SMILES string of the molecule is CCNC(=NCCS(=O)(=O)N(CC)CC)N1CC=C(c2ccccc2)CC1. The summed E-state index contributed by atoms with van der Waals surface area (Å²) < 4.78 is 26.1. The number of hydrogen-bond acceptors (Lipinski definition) is 3. The van der Waals surface area contributed by atoms with Gasteiger partial charge in [0.15, 0.2) is 5.96 Å². The molecule has 1 N–H and O–H groups in total. The van der Waals surface area contributed by atoms with Crippen LogP contribution in [0.1, 0.15) is 32.8 Å². The first-order valence-electron chi connectivity index (χ1n) is 9.77. The van der Waals surface area contributed by atoms with Crippen LogP contribution in [-0.4, -0.2) is 68.6 Å². The first kappa shape index (κ1) is 21.4. The molecule has 0 bridgehead atoms. The third kappa shape index (κ3) is 6.07. The maximum absolute atomic E-state index is 12.3. The lowest BCUT2D eigenvalue weighted by atomic mass is 10.00. The summed E-state index contributed by atoms with van der Waals surface area (Å²) >= 11 is 0. The molecule has 27 heavy (non-hydrogen) atoms. The maximum Gasteiger partial charge on any atom is 0.215 e. The molecule has 0 amide bonds. The number of hydrogen-bond donors (Lipinski definition) is 1. The van der Waals surface area contributed by atoms with Crippen LogP contribution >= 0.6 is 0 Å². The fraction of sp³-hybridized carbons (Fsp3) is 0.550. The van der Waals surface area contributed by atoms with Gasteiger partial charge in [-0.25, -0.2) is 12.7 Å². The standard InChI is InChI=1S/C20H32N4O2S/c1-4-21-20(22-14-17-27(25,26)24(5-2)6-3)23-15-12-19(13-16-23)18-10-8-7-9-11-18/h7-12H,4-6,13-17H2,1-3H3,(H,21,22). The molecular formula is C20H32N4O2S. The molecule has 1 aromatic rings. The largest absolute Gasteiger partial charge is 0.357 e. The van der Waals surface area contributed by atoms with Crippen molar-refractivity contribution in [2.75, 3.05) is 45.0 Å². The zero-order valence-electron chi connectivity index (χ0n) is 16.7. The molecule has 0 aromatic heterocycles. The molecule has 1 aromatic carbocycles. The molecule has 0 fully saturated rings. The first-order chi connectivity index (χ1) is 13.0. The molecule has 1 aliphatic heterocycles. The van der Waals surface area contributed by atoms with Crippen LogP contribution in [0.4, 0.5) is 0 Å². The van der Waals surface area contributed by atoms with E-state index in [1.165, 1.54) is 15.4 Å². The summed E-state index contributed by atoms with van der Waals surface area (Å²) in [5.74, 6) is 0.832. The van der Waals surface area contributed by atoms with Crippen LogP contribution in [0.3, 0.4) is 0 Å². The molecule has 0 spiro atoms. The molecule has 0 unspecified atom stereocenters. The van der Waals surface area contributed by atoms with Gasteiger partial charge in [-0.2, -0.15) is 0 Å². The van der Waals surface area contributed by atoms with Crippen LogP contribution in [0.5, 0.6) is 0 Å². The van der Waals surface area contributed by atoms with Crippen LogP contribution in [-0.2, 0) is 10.0 Å². The second-order valence-corrected chi connectivity index (χ2v) is 8.52. The first-order valence-corrected chi connectivity index (χ1v) is 11.4. The molecular weight excluding hydrogens is 360 g/mol. The number of sulfonamides is 1.